The van der Waals surface area contributed by atoms with Crippen LogP contribution >= 0.6 is 0 Å². The van der Waals surface area contributed by atoms with Crippen LogP contribution in [-0.4, -0.2) is 23.8 Å². The summed E-state index contributed by atoms with van der Waals surface area (Å²) >= 11 is 0. The molecule has 20 heavy (non-hydrogen) atoms. The molecule has 0 bridgehead atoms. The van der Waals surface area contributed by atoms with Crippen LogP contribution in [-0.2, 0) is 0 Å². The van der Waals surface area contributed by atoms with Crippen LogP contribution in [0.25, 0.3) is 0 Å². The van der Waals surface area contributed by atoms with Crippen molar-refractivity contribution < 1.29 is 18.4 Å². The number of oxime groups is 1. The summed E-state index contributed by atoms with van der Waals surface area (Å²) in [5.74, 6) is -2.86. The molecule has 2 atom stereocenters. The lowest BCUT2D eigenvalue weighted by Crippen LogP contribution is -2.43. The normalized spacial score (nSPS) is 15.9. The minimum Gasteiger partial charge on any atom is -0.409 e. The highest BCUT2D eigenvalue weighted by Gasteiger charge is 2.42. The Morgan fingerprint density at radius 1 is 1.35 bits per heavy atom. The lowest BCUT2D eigenvalue weighted by molar-refractivity contribution is -0.155. The molecular formula is C13H18F3N3O. The minimum atomic E-state index is -4.56. The van der Waals surface area contributed by atoms with E-state index in [0.29, 0.717) is 0 Å². The molecule has 0 saturated heterocycles. The van der Waals surface area contributed by atoms with Gasteiger partial charge in [-0.2, -0.15) is 13.2 Å². The van der Waals surface area contributed by atoms with Gasteiger partial charge in [-0.15, -0.1) is 0 Å². The summed E-state index contributed by atoms with van der Waals surface area (Å²) in [7, 11) is 0. The number of aryl methyl sites for hydroxylation is 1. The van der Waals surface area contributed by atoms with Crippen LogP contribution in [0.15, 0.2) is 29.4 Å². The van der Waals surface area contributed by atoms with Crippen molar-refractivity contribution in [3.8, 4) is 0 Å². The second kappa shape index (κ2) is 6.60. The summed E-state index contributed by atoms with van der Waals surface area (Å²) in [4.78, 5) is 0. The second-order valence-corrected chi connectivity index (χ2v) is 4.66. The van der Waals surface area contributed by atoms with E-state index in [-0.39, 0.29) is 6.04 Å². The van der Waals surface area contributed by atoms with Crippen molar-refractivity contribution in [1.29, 1.82) is 0 Å². The molecule has 4 nitrogen and oxygen atoms in total. The Labute approximate surface area is 115 Å². The Bertz CT molecular complexity index is 457. The fourth-order valence-electron chi connectivity index (χ4n) is 1.73. The third-order valence-corrected chi connectivity index (χ3v) is 3.07. The Kier molecular flexibility index (Phi) is 5.38. The predicted molar refractivity (Wildman–Crippen MR) is 70.6 cm³/mol. The highest BCUT2D eigenvalue weighted by atomic mass is 19.4. The molecular weight excluding hydrogens is 271 g/mol. The molecule has 0 amide bonds. The zero-order valence-electron chi connectivity index (χ0n) is 11.3. The molecule has 7 heteroatoms. The first kappa shape index (κ1) is 16.3. The van der Waals surface area contributed by atoms with Crippen molar-refractivity contribution in [3.63, 3.8) is 0 Å². The predicted octanol–water partition coefficient (Wildman–Crippen LogP) is 2.57. The number of amidine groups is 1. The lowest BCUT2D eigenvalue weighted by Gasteiger charge is -2.22. The lowest BCUT2D eigenvalue weighted by atomic mass is 10.0. The van der Waals surface area contributed by atoms with Gasteiger partial charge in [0.2, 0.25) is 0 Å². The highest BCUT2D eigenvalue weighted by Crippen LogP contribution is 2.26. The van der Waals surface area contributed by atoms with Gasteiger partial charge >= 0.3 is 6.18 Å². The zero-order chi connectivity index (χ0) is 15.3. The molecule has 0 aliphatic carbocycles. The van der Waals surface area contributed by atoms with E-state index in [2.05, 4.69) is 10.5 Å². The summed E-state index contributed by atoms with van der Waals surface area (Å²) in [6.07, 6.45) is -4.56. The maximum absolute atomic E-state index is 12.8. The number of benzene rings is 1. The van der Waals surface area contributed by atoms with E-state index in [0.717, 1.165) is 11.1 Å². The number of hydrogen-bond acceptors (Lipinski definition) is 3. The summed E-state index contributed by atoms with van der Waals surface area (Å²) in [6, 6.07) is 7.20. The number of hydrogen-bond donors (Lipinski definition) is 3. The van der Waals surface area contributed by atoms with Crippen molar-refractivity contribution in [2.75, 3.05) is 6.54 Å². The van der Waals surface area contributed by atoms with E-state index in [9.17, 15) is 13.2 Å². The van der Waals surface area contributed by atoms with Crippen LogP contribution < -0.4 is 11.1 Å². The van der Waals surface area contributed by atoms with Crippen molar-refractivity contribution in [3.05, 3.63) is 35.4 Å². The molecule has 0 aromatic heterocycles. The van der Waals surface area contributed by atoms with Crippen LogP contribution in [0.2, 0.25) is 0 Å². The fourth-order valence-corrected chi connectivity index (χ4v) is 1.73. The number of rotatable bonds is 5. The van der Waals surface area contributed by atoms with Crippen molar-refractivity contribution in [2.24, 2.45) is 16.8 Å². The number of nitrogens with one attached hydrogen (secondary N) is 1. The van der Waals surface area contributed by atoms with E-state index in [1.807, 2.05) is 31.2 Å². The standard InChI is InChI=1S/C13H18F3N3O/c1-8-3-5-10(6-4-8)9(2)18-7-11(12(17)19-20)13(14,15)16/h3-6,9,11,18,20H,7H2,1-2H3,(H2,17,19)/t9-,11?/m0/s1. The largest absolute Gasteiger partial charge is 0.409 e. The first-order valence-corrected chi connectivity index (χ1v) is 6.09. The van der Waals surface area contributed by atoms with Crippen LogP contribution in [0.3, 0.4) is 0 Å². The molecule has 0 saturated carbocycles. The number of alkyl halides is 3. The Morgan fingerprint density at radius 2 is 1.90 bits per heavy atom. The highest BCUT2D eigenvalue weighted by molar-refractivity contribution is 5.83. The first-order chi connectivity index (χ1) is 9.25. The molecule has 0 heterocycles. The first-order valence-electron chi connectivity index (χ1n) is 6.09. The molecule has 0 fully saturated rings. The summed E-state index contributed by atoms with van der Waals surface area (Å²) < 4.78 is 38.3. The molecule has 112 valence electrons. The summed E-state index contributed by atoms with van der Waals surface area (Å²) in [5, 5.41) is 13.6. The van der Waals surface area contributed by atoms with Crippen LogP contribution in [0.1, 0.15) is 24.1 Å². The molecule has 4 N–H and O–H groups in total. The van der Waals surface area contributed by atoms with Crippen LogP contribution in [0.4, 0.5) is 13.2 Å². The molecule has 0 radical (unpaired) electrons. The van der Waals surface area contributed by atoms with Gasteiger partial charge in [-0.25, -0.2) is 0 Å². The molecule has 1 aromatic rings. The van der Waals surface area contributed by atoms with E-state index < -0.39 is 24.5 Å². The van der Waals surface area contributed by atoms with E-state index in [4.69, 9.17) is 10.9 Å². The van der Waals surface area contributed by atoms with E-state index >= 15 is 0 Å². The van der Waals surface area contributed by atoms with Crippen molar-refractivity contribution in [2.45, 2.75) is 26.1 Å². The van der Waals surface area contributed by atoms with Gasteiger partial charge < -0.3 is 16.3 Å². The Hall–Kier alpha value is -1.76. The Morgan fingerprint density at radius 3 is 2.35 bits per heavy atom. The second-order valence-electron chi connectivity index (χ2n) is 4.66. The zero-order valence-corrected chi connectivity index (χ0v) is 11.3. The number of halogens is 3. The van der Waals surface area contributed by atoms with Crippen LogP contribution in [0, 0.1) is 12.8 Å². The smallest absolute Gasteiger partial charge is 0.400 e. The molecule has 0 aliphatic rings. The van der Waals surface area contributed by atoms with Gasteiger partial charge in [-0.05, 0) is 19.4 Å². The maximum atomic E-state index is 12.8. The van der Waals surface area contributed by atoms with Crippen LogP contribution in [0.5, 0.6) is 0 Å². The minimum absolute atomic E-state index is 0.271. The number of nitrogens with zero attached hydrogens (tertiary/aromatic N) is 1. The molecule has 0 aliphatic heterocycles. The molecule has 0 spiro atoms. The van der Waals surface area contributed by atoms with Gasteiger partial charge in [0.25, 0.3) is 0 Å². The van der Waals surface area contributed by atoms with Gasteiger partial charge in [0.15, 0.2) is 5.84 Å². The third-order valence-electron chi connectivity index (χ3n) is 3.07. The molecule has 1 unspecified atom stereocenters. The summed E-state index contributed by atoms with van der Waals surface area (Å²) in [6.45, 7) is 3.23. The quantitative estimate of drug-likeness (QED) is 0.338. The number of nitrogens with two attached hydrogens (primary N) is 1. The van der Waals surface area contributed by atoms with Crippen molar-refractivity contribution >= 4 is 5.84 Å². The SMILES string of the molecule is Cc1ccc([C@H](C)NCC(/C(N)=N/O)C(F)(F)F)cc1. The van der Waals surface area contributed by atoms with Gasteiger partial charge in [-0.3, -0.25) is 0 Å². The van der Waals surface area contributed by atoms with Gasteiger partial charge in [-0.1, -0.05) is 35.0 Å². The van der Waals surface area contributed by atoms with E-state index in [1.165, 1.54) is 0 Å². The fraction of sp³-hybridized carbons (Fsp3) is 0.462. The average molecular weight is 289 g/mol. The van der Waals surface area contributed by atoms with Gasteiger partial charge in [0.1, 0.15) is 5.92 Å². The maximum Gasteiger partial charge on any atom is 0.400 e. The Balaban J connectivity index is 2.70. The molecule has 1 aromatic carbocycles. The van der Waals surface area contributed by atoms with Gasteiger partial charge in [0.05, 0.1) is 0 Å². The molecule has 1 rings (SSSR count). The average Bonchev–Trinajstić information content (AvgIpc) is 2.37. The van der Waals surface area contributed by atoms with Gasteiger partial charge in [0, 0.05) is 12.6 Å². The monoisotopic (exact) mass is 289 g/mol. The van der Waals surface area contributed by atoms with Crippen molar-refractivity contribution in [1.82, 2.24) is 5.32 Å². The topological polar surface area (TPSA) is 70.6 Å². The third kappa shape index (κ3) is 4.41. The summed E-state index contributed by atoms with van der Waals surface area (Å²) in [5.41, 5.74) is 7.03. The van der Waals surface area contributed by atoms with E-state index in [1.54, 1.807) is 6.92 Å².